The number of rotatable bonds is 11. The molecule has 1 aliphatic heterocycles. The topological polar surface area (TPSA) is 122 Å². The molecular weight excluding hydrogens is 612 g/mol. The Morgan fingerprint density at radius 3 is 2.60 bits per heavy atom. The second-order valence-electron chi connectivity index (χ2n) is 11.7. The third-order valence-corrected chi connectivity index (χ3v) is 9.49. The van der Waals surface area contributed by atoms with Gasteiger partial charge in [-0.3, -0.25) is 9.99 Å². The maximum absolute atomic E-state index is 14.0. The molecule has 13 heteroatoms. The van der Waals surface area contributed by atoms with Crippen molar-refractivity contribution in [3.8, 4) is 6.07 Å². The fourth-order valence-corrected chi connectivity index (χ4v) is 6.52. The maximum atomic E-state index is 14.0. The van der Waals surface area contributed by atoms with E-state index in [1.54, 1.807) is 18.2 Å². The SMILES string of the molecule is BC(Nc1cc(Cl)c2ncc(C#N)c(N[C@H](CCS(C)(=O)=O)c3ccccc3)c2c1)(C1=CN(C2CC2)NN1)c1ccc(F)cc1. The van der Waals surface area contributed by atoms with Crippen LogP contribution in [0.2, 0.25) is 5.02 Å². The summed E-state index contributed by atoms with van der Waals surface area (Å²) in [6, 6.07) is 21.7. The largest absolute Gasteiger partial charge is 0.378 e. The van der Waals surface area contributed by atoms with Gasteiger partial charge in [0.25, 0.3) is 0 Å². The van der Waals surface area contributed by atoms with Crippen molar-refractivity contribution in [2.75, 3.05) is 22.6 Å². The van der Waals surface area contributed by atoms with E-state index < -0.39 is 21.3 Å². The fraction of sp³-hybridized carbons (Fsp3) is 0.250. The highest BCUT2D eigenvalue weighted by atomic mass is 35.5. The molecule has 1 aromatic heterocycles. The van der Waals surface area contributed by atoms with Gasteiger partial charge in [-0.05, 0) is 54.7 Å². The lowest BCUT2D eigenvalue weighted by atomic mass is 9.69. The van der Waals surface area contributed by atoms with Crippen LogP contribution in [0.4, 0.5) is 15.8 Å². The average Bonchev–Trinajstić information content (AvgIpc) is 3.74. The zero-order valence-corrected chi connectivity index (χ0v) is 26.4. The third kappa shape index (κ3) is 6.71. The Balaban J connectivity index is 1.44. The van der Waals surface area contributed by atoms with Crippen molar-refractivity contribution in [1.82, 2.24) is 21.0 Å². The quantitative estimate of drug-likeness (QED) is 0.172. The summed E-state index contributed by atoms with van der Waals surface area (Å²) >= 11 is 6.84. The first-order chi connectivity index (χ1) is 21.5. The number of nitrogens with one attached hydrogen (secondary N) is 4. The third-order valence-electron chi connectivity index (χ3n) is 8.23. The minimum atomic E-state index is -3.25. The van der Waals surface area contributed by atoms with E-state index in [1.165, 1.54) is 24.6 Å². The fourth-order valence-electron chi connectivity index (χ4n) is 5.58. The van der Waals surface area contributed by atoms with Gasteiger partial charge in [0.05, 0.1) is 44.7 Å². The van der Waals surface area contributed by atoms with E-state index in [4.69, 9.17) is 11.6 Å². The Hall–Kier alpha value is -4.31. The molecule has 45 heavy (non-hydrogen) atoms. The van der Waals surface area contributed by atoms with Crippen LogP contribution in [-0.4, -0.2) is 44.3 Å². The van der Waals surface area contributed by atoms with Crippen molar-refractivity contribution in [2.24, 2.45) is 0 Å². The van der Waals surface area contributed by atoms with Gasteiger partial charge < -0.3 is 16.1 Å². The lowest BCUT2D eigenvalue weighted by Gasteiger charge is -2.34. The number of hydrogen-bond donors (Lipinski definition) is 4. The first-order valence-electron chi connectivity index (χ1n) is 14.6. The number of nitrogens with zero attached hydrogens (tertiary/aromatic N) is 3. The summed E-state index contributed by atoms with van der Waals surface area (Å²) in [5, 5.41) is 20.2. The van der Waals surface area contributed by atoms with Gasteiger partial charge in [-0.2, -0.15) is 5.26 Å². The first-order valence-corrected chi connectivity index (χ1v) is 17.1. The molecule has 9 nitrogen and oxygen atoms in total. The molecule has 1 saturated carbocycles. The van der Waals surface area contributed by atoms with E-state index in [0.29, 0.717) is 38.9 Å². The molecular formula is C32H32BClFN7O2S. The number of fused-ring (bicyclic) bond motifs is 1. The molecule has 0 radical (unpaired) electrons. The van der Waals surface area contributed by atoms with Gasteiger partial charge >= 0.3 is 0 Å². The van der Waals surface area contributed by atoms with Crippen LogP contribution in [0.15, 0.2) is 84.8 Å². The summed E-state index contributed by atoms with van der Waals surface area (Å²) in [5.74, 6) is -0.377. The molecule has 2 aliphatic rings. The normalized spacial score (nSPS) is 16.8. The lowest BCUT2D eigenvalue weighted by Crippen LogP contribution is -2.45. The molecule has 6 rings (SSSR count). The molecule has 4 aromatic rings. The molecule has 0 amide bonds. The number of nitriles is 1. The van der Waals surface area contributed by atoms with Crippen LogP contribution in [-0.2, 0) is 15.3 Å². The molecule has 230 valence electrons. The molecule has 1 aliphatic carbocycles. The standard InChI is InChI=1S/C32H32BClFN7O2S/c1-45(43,44)14-13-28(20-5-3-2-4-6-20)38-30-21(17-36)18-37-31-26(30)15-24(16-27(31)34)39-32(33,22-7-9-23(35)10-8-22)29-19-42(41-40-29)25-11-12-25/h2-10,15-16,18-19,25,28,39-41H,11-14,33H2,1H3,(H,37,38)/t28-,32?/m1/s1. The number of hydrazine groups is 2. The molecule has 2 heterocycles. The zero-order chi connectivity index (χ0) is 31.8. The molecule has 4 N–H and O–H groups in total. The Kier molecular flexibility index (Phi) is 8.35. The summed E-state index contributed by atoms with van der Waals surface area (Å²) in [6.45, 7) is 0. The van der Waals surface area contributed by atoms with Gasteiger partial charge in [0.15, 0.2) is 0 Å². The van der Waals surface area contributed by atoms with Crippen molar-refractivity contribution in [3.05, 3.63) is 112 Å². The summed E-state index contributed by atoms with van der Waals surface area (Å²) in [4.78, 5) is 4.50. The predicted molar refractivity (Wildman–Crippen MR) is 178 cm³/mol. The number of aromatic nitrogens is 1. The van der Waals surface area contributed by atoms with Crippen molar-refractivity contribution in [3.63, 3.8) is 0 Å². The molecule has 0 spiro atoms. The second kappa shape index (κ2) is 12.2. The maximum Gasteiger partial charge on any atom is 0.148 e. The van der Waals surface area contributed by atoms with Crippen LogP contribution in [0.3, 0.4) is 0 Å². The highest BCUT2D eigenvalue weighted by Gasteiger charge is 2.38. The van der Waals surface area contributed by atoms with Crippen molar-refractivity contribution < 1.29 is 12.8 Å². The van der Waals surface area contributed by atoms with E-state index in [2.05, 4.69) is 32.6 Å². The summed E-state index contributed by atoms with van der Waals surface area (Å²) < 4.78 is 38.2. The Bertz CT molecular complexity index is 1920. The van der Waals surface area contributed by atoms with Crippen LogP contribution in [0.25, 0.3) is 10.9 Å². The number of sulfone groups is 1. The van der Waals surface area contributed by atoms with Gasteiger partial charge in [0, 0.05) is 35.8 Å². The van der Waals surface area contributed by atoms with Gasteiger partial charge in [0.2, 0.25) is 0 Å². The molecule has 1 fully saturated rings. The van der Waals surface area contributed by atoms with Gasteiger partial charge in [-0.1, -0.05) is 54.1 Å². The number of halogens is 2. The molecule has 1 unspecified atom stereocenters. The Morgan fingerprint density at radius 1 is 1.20 bits per heavy atom. The van der Waals surface area contributed by atoms with Crippen LogP contribution < -0.4 is 21.6 Å². The summed E-state index contributed by atoms with van der Waals surface area (Å²) in [5.41, 5.74) is 10.1. The Morgan fingerprint density at radius 2 is 1.93 bits per heavy atom. The van der Waals surface area contributed by atoms with Crippen molar-refractivity contribution in [1.29, 1.82) is 5.26 Å². The Labute approximate surface area is 267 Å². The highest BCUT2D eigenvalue weighted by molar-refractivity contribution is 7.90. The number of anilines is 2. The van der Waals surface area contributed by atoms with Gasteiger partial charge in [-0.15, -0.1) is 5.53 Å². The number of benzene rings is 3. The number of pyridine rings is 1. The van der Waals surface area contributed by atoms with Crippen LogP contribution in [0, 0.1) is 17.1 Å². The molecule has 0 bridgehead atoms. The smallest absolute Gasteiger partial charge is 0.148 e. The van der Waals surface area contributed by atoms with E-state index >= 15 is 0 Å². The molecule has 3 aromatic carbocycles. The van der Waals surface area contributed by atoms with E-state index in [0.717, 1.165) is 29.7 Å². The first kappa shape index (κ1) is 30.7. The lowest BCUT2D eigenvalue weighted by molar-refractivity contribution is 0.260. The second-order valence-corrected chi connectivity index (χ2v) is 14.4. The van der Waals surface area contributed by atoms with E-state index in [1.807, 2.05) is 55.5 Å². The summed E-state index contributed by atoms with van der Waals surface area (Å²) in [6.07, 6.45) is 7.17. The zero-order valence-electron chi connectivity index (χ0n) is 24.8. The average molecular weight is 644 g/mol. The minimum absolute atomic E-state index is 0.0396. The molecule has 2 atom stereocenters. The summed E-state index contributed by atoms with van der Waals surface area (Å²) in [7, 11) is -1.25. The predicted octanol–water partition coefficient (Wildman–Crippen LogP) is 4.71. The molecule has 0 saturated heterocycles. The number of hydrogen-bond acceptors (Lipinski definition) is 9. The highest BCUT2D eigenvalue weighted by Crippen LogP contribution is 2.39. The van der Waals surface area contributed by atoms with E-state index in [-0.39, 0.29) is 18.0 Å². The van der Waals surface area contributed by atoms with Crippen LogP contribution >= 0.6 is 11.6 Å². The van der Waals surface area contributed by atoms with Crippen molar-refractivity contribution >= 4 is 51.6 Å². The monoisotopic (exact) mass is 643 g/mol. The minimum Gasteiger partial charge on any atom is -0.378 e. The van der Waals surface area contributed by atoms with Crippen LogP contribution in [0.1, 0.15) is 42.0 Å². The van der Waals surface area contributed by atoms with Crippen LogP contribution in [0.5, 0.6) is 0 Å². The van der Waals surface area contributed by atoms with Gasteiger partial charge in [0.1, 0.15) is 29.6 Å². The van der Waals surface area contributed by atoms with Gasteiger partial charge in [-0.25, -0.2) is 12.8 Å². The van der Waals surface area contributed by atoms with Crippen molar-refractivity contribution in [2.45, 2.75) is 36.8 Å². The van der Waals surface area contributed by atoms with E-state index in [9.17, 15) is 18.1 Å².